The molecule has 0 aliphatic heterocycles. The molecule has 0 aliphatic rings. The first kappa shape index (κ1) is 24.2. The van der Waals surface area contributed by atoms with Gasteiger partial charge in [0.1, 0.15) is 11.6 Å². The van der Waals surface area contributed by atoms with Gasteiger partial charge in [0.2, 0.25) is 0 Å². The van der Waals surface area contributed by atoms with Gasteiger partial charge in [0.25, 0.3) is 11.8 Å². The number of carbonyl (C=O) groups excluding carboxylic acids is 3. The Morgan fingerprint density at radius 2 is 1.71 bits per heavy atom. The van der Waals surface area contributed by atoms with Crippen LogP contribution in [-0.4, -0.2) is 41.3 Å². The van der Waals surface area contributed by atoms with Gasteiger partial charge in [-0.2, -0.15) is 5.10 Å². The zero-order chi connectivity index (χ0) is 24.7. The van der Waals surface area contributed by atoms with Crippen LogP contribution in [0, 0.1) is 19.7 Å². The number of halogens is 1. The fraction of sp³-hybridized carbons (Fsp3) is 0.167. The number of carbonyl (C=O) groups is 3. The number of nitrogens with one attached hydrogen (secondary N) is 2. The number of hydrazine groups is 1. The van der Waals surface area contributed by atoms with Crippen molar-refractivity contribution in [3.05, 3.63) is 82.9 Å². The van der Waals surface area contributed by atoms with Crippen molar-refractivity contribution >= 4 is 23.9 Å². The van der Waals surface area contributed by atoms with Gasteiger partial charge in [-0.1, -0.05) is 0 Å². The lowest BCUT2D eigenvalue weighted by molar-refractivity contribution is -0.144. The summed E-state index contributed by atoms with van der Waals surface area (Å²) in [4.78, 5) is 35.9. The van der Waals surface area contributed by atoms with Crippen LogP contribution in [0.2, 0.25) is 0 Å². The SMILES string of the molecule is COc1ccc(C(=O)NNC(=O)COC(=O)/C=C/c2c(C)nn(-c3ccc(F)cc3)c2C)cc1. The quantitative estimate of drug-likeness (QED) is 0.315. The van der Waals surface area contributed by atoms with Crippen molar-refractivity contribution in [2.75, 3.05) is 13.7 Å². The number of methoxy groups -OCH3 is 1. The van der Waals surface area contributed by atoms with Crippen molar-refractivity contribution in [1.29, 1.82) is 0 Å². The van der Waals surface area contributed by atoms with E-state index in [1.807, 2.05) is 6.92 Å². The van der Waals surface area contributed by atoms with Crippen molar-refractivity contribution in [3.63, 3.8) is 0 Å². The summed E-state index contributed by atoms with van der Waals surface area (Å²) < 4.78 is 24.7. The first-order chi connectivity index (χ1) is 16.3. The van der Waals surface area contributed by atoms with E-state index in [1.165, 1.54) is 43.5 Å². The predicted molar refractivity (Wildman–Crippen MR) is 122 cm³/mol. The molecule has 1 heterocycles. The molecule has 0 saturated carbocycles. The molecule has 176 valence electrons. The summed E-state index contributed by atoms with van der Waals surface area (Å²) in [6, 6.07) is 12.2. The second kappa shape index (κ2) is 10.9. The minimum atomic E-state index is -0.745. The number of aryl methyl sites for hydroxylation is 1. The third kappa shape index (κ3) is 6.06. The van der Waals surface area contributed by atoms with Gasteiger partial charge >= 0.3 is 5.97 Å². The molecular formula is C24H23FN4O5. The van der Waals surface area contributed by atoms with Crippen LogP contribution >= 0.6 is 0 Å². The Morgan fingerprint density at radius 3 is 2.35 bits per heavy atom. The number of hydrogen-bond acceptors (Lipinski definition) is 6. The van der Waals surface area contributed by atoms with Crippen molar-refractivity contribution in [2.24, 2.45) is 0 Å². The van der Waals surface area contributed by atoms with Gasteiger partial charge in [-0.3, -0.25) is 20.4 Å². The second-order valence-electron chi connectivity index (χ2n) is 7.14. The highest BCUT2D eigenvalue weighted by Gasteiger charge is 2.12. The van der Waals surface area contributed by atoms with Crippen LogP contribution in [0.4, 0.5) is 4.39 Å². The van der Waals surface area contributed by atoms with Crippen LogP contribution in [-0.2, 0) is 14.3 Å². The molecular weight excluding hydrogens is 443 g/mol. The highest BCUT2D eigenvalue weighted by atomic mass is 19.1. The molecule has 2 aromatic carbocycles. The minimum absolute atomic E-state index is 0.313. The van der Waals surface area contributed by atoms with E-state index in [2.05, 4.69) is 16.0 Å². The Balaban J connectivity index is 1.50. The molecule has 0 unspecified atom stereocenters. The molecule has 0 bridgehead atoms. The summed E-state index contributed by atoms with van der Waals surface area (Å²) in [7, 11) is 1.51. The predicted octanol–water partition coefficient (Wildman–Crippen LogP) is 2.65. The Hall–Kier alpha value is -4.47. The number of amides is 2. The van der Waals surface area contributed by atoms with Crippen LogP contribution in [0.15, 0.2) is 54.6 Å². The van der Waals surface area contributed by atoms with E-state index in [0.29, 0.717) is 28.3 Å². The van der Waals surface area contributed by atoms with Crippen molar-refractivity contribution < 1.29 is 28.2 Å². The van der Waals surface area contributed by atoms with Crippen LogP contribution in [0.1, 0.15) is 27.3 Å². The Kier molecular flexibility index (Phi) is 7.75. The van der Waals surface area contributed by atoms with E-state index in [0.717, 1.165) is 5.69 Å². The first-order valence-corrected chi connectivity index (χ1v) is 10.2. The van der Waals surface area contributed by atoms with Gasteiger partial charge in [0.05, 0.1) is 18.5 Å². The standard InChI is InChI=1S/C24H23FN4O5/c1-15-21(16(2)29(28-15)19-8-6-18(25)7-9-19)12-13-23(31)34-14-22(30)26-27-24(32)17-4-10-20(33-3)11-5-17/h4-13H,14H2,1-3H3,(H,26,30)(H,27,32)/b13-12+. The third-order valence-electron chi connectivity index (χ3n) is 4.82. The number of nitrogens with zero attached hydrogens (tertiary/aromatic N) is 2. The lowest BCUT2D eigenvalue weighted by Crippen LogP contribution is -2.43. The van der Waals surface area contributed by atoms with E-state index < -0.39 is 24.4 Å². The summed E-state index contributed by atoms with van der Waals surface area (Å²) in [5.74, 6) is -1.75. The number of hydrogen-bond donors (Lipinski definition) is 2. The number of rotatable bonds is 7. The summed E-state index contributed by atoms with van der Waals surface area (Å²) in [5, 5.41) is 4.42. The maximum Gasteiger partial charge on any atom is 0.331 e. The smallest absolute Gasteiger partial charge is 0.331 e. The third-order valence-corrected chi connectivity index (χ3v) is 4.82. The van der Waals surface area contributed by atoms with Crippen LogP contribution in [0.25, 0.3) is 11.8 Å². The van der Waals surface area contributed by atoms with E-state index >= 15 is 0 Å². The molecule has 3 aromatic rings. The molecule has 9 nitrogen and oxygen atoms in total. The molecule has 2 N–H and O–H groups in total. The minimum Gasteiger partial charge on any atom is -0.497 e. The van der Waals surface area contributed by atoms with Crippen molar-refractivity contribution in [2.45, 2.75) is 13.8 Å². The molecule has 34 heavy (non-hydrogen) atoms. The maximum atomic E-state index is 13.2. The zero-order valence-corrected chi connectivity index (χ0v) is 18.8. The van der Waals surface area contributed by atoms with E-state index in [1.54, 1.807) is 35.9 Å². The van der Waals surface area contributed by atoms with Gasteiger partial charge in [-0.25, -0.2) is 13.9 Å². The summed E-state index contributed by atoms with van der Waals surface area (Å²) >= 11 is 0. The van der Waals surface area contributed by atoms with Gasteiger partial charge in [0.15, 0.2) is 6.61 Å². The number of ether oxygens (including phenoxy) is 2. The monoisotopic (exact) mass is 466 g/mol. The van der Waals surface area contributed by atoms with E-state index in [9.17, 15) is 18.8 Å². The van der Waals surface area contributed by atoms with Gasteiger partial charge in [-0.15, -0.1) is 0 Å². The average Bonchev–Trinajstić information content (AvgIpc) is 3.13. The first-order valence-electron chi connectivity index (χ1n) is 10.2. The highest BCUT2D eigenvalue weighted by molar-refractivity contribution is 5.96. The Bertz CT molecular complexity index is 1220. The molecule has 0 radical (unpaired) electrons. The van der Waals surface area contributed by atoms with Crippen LogP contribution in [0.5, 0.6) is 5.75 Å². The Labute approximate surface area is 195 Å². The molecule has 0 saturated heterocycles. The molecule has 10 heteroatoms. The number of esters is 1. The van der Waals surface area contributed by atoms with E-state index in [4.69, 9.17) is 9.47 Å². The van der Waals surface area contributed by atoms with Crippen LogP contribution < -0.4 is 15.6 Å². The lowest BCUT2D eigenvalue weighted by atomic mass is 10.2. The molecule has 3 rings (SSSR count). The number of benzene rings is 2. The number of aromatic nitrogens is 2. The van der Waals surface area contributed by atoms with Gasteiger partial charge in [-0.05, 0) is 68.5 Å². The normalized spacial score (nSPS) is 10.7. The summed E-state index contributed by atoms with van der Waals surface area (Å²) in [6.45, 7) is 3.00. The second-order valence-corrected chi connectivity index (χ2v) is 7.14. The van der Waals surface area contributed by atoms with Gasteiger partial charge < -0.3 is 9.47 Å². The molecule has 0 atom stereocenters. The lowest BCUT2D eigenvalue weighted by Gasteiger charge is -2.08. The molecule has 0 fully saturated rings. The summed E-state index contributed by atoms with van der Waals surface area (Å²) in [6.07, 6.45) is 2.71. The molecule has 0 aliphatic carbocycles. The largest absolute Gasteiger partial charge is 0.497 e. The van der Waals surface area contributed by atoms with E-state index in [-0.39, 0.29) is 5.82 Å². The van der Waals surface area contributed by atoms with Crippen molar-refractivity contribution in [3.8, 4) is 11.4 Å². The Morgan fingerprint density at radius 1 is 1.03 bits per heavy atom. The highest BCUT2D eigenvalue weighted by Crippen LogP contribution is 2.19. The topological polar surface area (TPSA) is 112 Å². The maximum absolute atomic E-state index is 13.2. The van der Waals surface area contributed by atoms with Crippen molar-refractivity contribution in [1.82, 2.24) is 20.6 Å². The average molecular weight is 466 g/mol. The molecule has 1 aromatic heterocycles. The van der Waals surface area contributed by atoms with Crippen LogP contribution in [0.3, 0.4) is 0 Å². The molecule has 0 spiro atoms. The fourth-order valence-electron chi connectivity index (χ4n) is 3.04. The fourth-order valence-corrected chi connectivity index (χ4v) is 3.04. The van der Waals surface area contributed by atoms with Gasteiger partial charge in [0, 0.05) is 22.9 Å². The molecule has 2 amide bonds. The zero-order valence-electron chi connectivity index (χ0n) is 18.8. The summed E-state index contributed by atoms with van der Waals surface area (Å²) in [5.41, 5.74) is 7.49.